The number of aryl methyl sites for hydroxylation is 1. The van der Waals surface area contributed by atoms with Crippen LogP contribution in [0.3, 0.4) is 0 Å². The lowest BCUT2D eigenvalue weighted by atomic mass is 10.2. The van der Waals surface area contributed by atoms with Crippen molar-refractivity contribution in [2.24, 2.45) is 5.73 Å². The van der Waals surface area contributed by atoms with Crippen LogP contribution in [0.5, 0.6) is 0 Å². The number of carbonyl (C=O) groups excluding carboxylic acids is 2. The zero-order chi connectivity index (χ0) is 21.5. The number of amides is 2. The molecular formula is C19H22N6O2S3. The molecule has 2 amide bonds. The van der Waals surface area contributed by atoms with Crippen LogP contribution in [0, 0.1) is 13.8 Å². The Labute approximate surface area is 187 Å². The van der Waals surface area contributed by atoms with Crippen LogP contribution in [0.4, 0.5) is 0 Å². The minimum absolute atomic E-state index is 0.0869. The Morgan fingerprint density at radius 1 is 1.10 bits per heavy atom. The van der Waals surface area contributed by atoms with Gasteiger partial charge in [-0.1, -0.05) is 65.2 Å². The molecule has 0 spiro atoms. The third-order valence-corrected chi connectivity index (χ3v) is 7.43. The first kappa shape index (κ1) is 22.3. The fourth-order valence-corrected chi connectivity index (χ4v) is 5.30. The lowest BCUT2D eigenvalue weighted by Crippen LogP contribution is -2.25. The van der Waals surface area contributed by atoms with Gasteiger partial charge in [0, 0.05) is 17.8 Å². The highest BCUT2D eigenvalue weighted by Crippen LogP contribution is 2.28. The van der Waals surface area contributed by atoms with Crippen LogP contribution >= 0.6 is 34.9 Å². The maximum absolute atomic E-state index is 12.3. The van der Waals surface area contributed by atoms with Gasteiger partial charge in [0.15, 0.2) is 8.68 Å². The van der Waals surface area contributed by atoms with Crippen molar-refractivity contribution < 1.29 is 9.59 Å². The third-order valence-electron chi connectivity index (χ3n) is 4.22. The van der Waals surface area contributed by atoms with Crippen molar-refractivity contribution in [2.75, 3.05) is 11.5 Å². The van der Waals surface area contributed by atoms with E-state index in [9.17, 15) is 9.59 Å². The van der Waals surface area contributed by atoms with Crippen molar-refractivity contribution in [3.8, 4) is 0 Å². The number of nitrogens with zero attached hydrogens (tertiary/aromatic N) is 4. The van der Waals surface area contributed by atoms with Gasteiger partial charge in [-0.05, 0) is 19.4 Å². The zero-order valence-corrected chi connectivity index (χ0v) is 19.1. The molecule has 0 saturated heterocycles. The molecule has 0 aliphatic heterocycles. The van der Waals surface area contributed by atoms with Crippen LogP contribution in [0.1, 0.15) is 22.5 Å². The molecule has 0 fully saturated rings. The Morgan fingerprint density at radius 2 is 1.77 bits per heavy atom. The molecular weight excluding hydrogens is 440 g/mol. The van der Waals surface area contributed by atoms with Gasteiger partial charge in [-0.3, -0.25) is 14.3 Å². The number of primary amides is 1. The molecule has 11 heteroatoms. The van der Waals surface area contributed by atoms with Crippen LogP contribution in [0.2, 0.25) is 0 Å². The molecule has 3 aromatic rings. The molecule has 30 heavy (non-hydrogen) atoms. The van der Waals surface area contributed by atoms with E-state index in [2.05, 4.69) is 32.7 Å². The summed E-state index contributed by atoms with van der Waals surface area (Å²) >= 11 is 3.90. The molecule has 0 radical (unpaired) electrons. The molecule has 3 N–H and O–H groups in total. The Hall–Kier alpha value is -2.37. The Morgan fingerprint density at radius 3 is 2.43 bits per heavy atom. The number of nitrogens with one attached hydrogen (secondary N) is 1. The maximum Gasteiger partial charge on any atom is 0.230 e. The average molecular weight is 463 g/mol. The minimum Gasteiger partial charge on any atom is -0.369 e. The van der Waals surface area contributed by atoms with Crippen molar-refractivity contribution in [1.29, 1.82) is 0 Å². The fourth-order valence-electron chi connectivity index (χ4n) is 2.71. The summed E-state index contributed by atoms with van der Waals surface area (Å²) in [4.78, 5) is 23.1. The van der Waals surface area contributed by atoms with E-state index in [0.29, 0.717) is 21.8 Å². The molecule has 3 rings (SSSR count). The summed E-state index contributed by atoms with van der Waals surface area (Å²) in [5, 5.41) is 15.6. The first-order valence-corrected chi connectivity index (χ1v) is 11.9. The summed E-state index contributed by atoms with van der Waals surface area (Å²) in [7, 11) is 0. The topological polar surface area (TPSA) is 116 Å². The minimum atomic E-state index is -0.401. The number of benzene rings is 1. The van der Waals surface area contributed by atoms with Gasteiger partial charge < -0.3 is 11.1 Å². The molecule has 0 aliphatic rings. The molecule has 0 unspecified atom stereocenters. The van der Waals surface area contributed by atoms with E-state index in [1.165, 1.54) is 40.4 Å². The van der Waals surface area contributed by atoms with E-state index >= 15 is 0 Å². The van der Waals surface area contributed by atoms with Gasteiger partial charge in [0.2, 0.25) is 11.8 Å². The van der Waals surface area contributed by atoms with E-state index in [0.717, 1.165) is 17.0 Å². The highest BCUT2D eigenvalue weighted by atomic mass is 32.2. The molecule has 2 aromatic heterocycles. The van der Waals surface area contributed by atoms with Crippen molar-refractivity contribution in [1.82, 2.24) is 25.3 Å². The lowest BCUT2D eigenvalue weighted by Gasteiger charge is -2.07. The van der Waals surface area contributed by atoms with Crippen molar-refractivity contribution in [3.05, 3.63) is 52.8 Å². The summed E-state index contributed by atoms with van der Waals surface area (Å²) in [6, 6.07) is 10.2. The molecule has 1 aromatic carbocycles. The van der Waals surface area contributed by atoms with E-state index in [1.807, 2.05) is 36.7 Å². The lowest BCUT2D eigenvalue weighted by molar-refractivity contribution is -0.118. The fraction of sp³-hybridized carbons (Fsp3) is 0.316. The average Bonchev–Trinajstić information content (AvgIpc) is 3.28. The summed E-state index contributed by atoms with van der Waals surface area (Å²) < 4.78 is 3.31. The number of aromatic nitrogens is 4. The standard InChI is InChI=1S/C19H22N6O2S3/c1-12-15(13(2)25(24-12)9-14-6-4-3-5-7-14)8-21-17(27)11-29-19-23-22-18(30-19)28-10-16(20)26/h3-7H,8-11H2,1-2H3,(H2,20,26)(H,21,27). The van der Waals surface area contributed by atoms with Crippen LogP contribution in [-0.2, 0) is 22.7 Å². The summed E-state index contributed by atoms with van der Waals surface area (Å²) in [5.41, 5.74) is 9.29. The highest BCUT2D eigenvalue weighted by Gasteiger charge is 2.14. The molecule has 0 aliphatic carbocycles. The van der Waals surface area contributed by atoms with Gasteiger partial charge >= 0.3 is 0 Å². The predicted molar refractivity (Wildman–Crippen MR) is 120 cm³/mol. The number of nitrogens with two attached hydrogens (primary N) is 1. The first-order valence-electron chi connectivity index (χ1n) is 9.13. The molecule has 0 atom stereocenters. The van der Waals surface area contributed by atoms with Gasteiger partial charge in [-0.15, -0.1) is 10.2 Å². The third kappa shape index (κ3) is 6.31. The Kier molecular flexibility index (Phi) is 7.88. The first-order chi connectivity index (χ1) is 14.4. The van der Waals surface area contributed by atoms with Gasteiger partial charge in [-0.2, -0.15) is 5.10 Å². The second kappa shape index (κ2) is 10.6. The second-order valence-electron chi connectivity index (χ2n) is 6.45. The van der Waals surface area contributed by atoms with E-state index in [-0.39, 0.29) is 17.4 Å². The van der Waals surface area contributed by atoms with E-state index in [1.54, 1.807) is 0 Å². The predicted octanol–water partition coefficient (Wildman–Crippen LogP) is 2.39. The van der Waals surface area contributed by atoms with Gasteiger partial charge in [0.25, 0.3) is 0 Å². The van der Waals surface area contributed by atoms with Gasteiger partial charge in [-0.25, -0.2) is 0 Å². The number of carbonyl (C=O) groups is 2. The van der Waals surface area contributed by atoms with Crippen molar-refractivity contribution in [3.63, 3.8) is 0 Å². The summed E-state index contributed by atoms with van der Waals surface area (Å²) in [6.45, 7) is 5.11. The smallest absolute Gasteiger partial charge is 0.230 e. The monoisotopic (exact) mass is 462 g/mol. The molecule has 0 saturated carbocycles. The van der Waals surface area contributed by atoms with Gasteiger partial charge in [0.1, 0.15) is 0 Å². The van der Waals surface area contributed by atoms with Crippen LogP contribution < -0.4 is 11.1 Å². The number of hydrogen-bond donors (Lipinski definition) is 2. The molecule has 0 bridgehead atoms. The van der Waals surface area contributed by atoms with Gasteiger partial charge in [0.05, 0.1) is 23.7 Å². The second-order valence-corrected chi connectivity index (χ2v) is 9.87. The van der Waals surface area contributed by atoms with Crippen molar-refractivity contribution >= 4 is 46.7 Å². The van der Waals surface area contributed by atoms with Crippen LogP contribution in [0.25, 0.3) is 0 Å². The summed E-state index contributed by atoms with van der Waals surface area (Å²) in [5.74, 6) is -0.0838. The number of thioether (sulfide) groups is 2. The SMILES string of the molecule is Cc1nn(Cc2ccccc2)c(C)c1CNC(=O)CSc1nnc(SCC(N)=O)s1. The highest BCUT2D eigenvalue weighted by molar-refractivity contribution is 8.03. The van der Waals surface area contributed by atoms with E-state index in [4.69, 9.17) is 5.73 Å². The van der Waals surface area contributed by atoms with E-state index < -0.39 is 5.91 Å². The van der Waals surface area contributed by atoms with Crippen molar-refractivity contribution in [2.45, 2.75) is 35.6 Å². The van der Waals surface area contributed by atoms with Crippen LogP contribution in [0.15, 0.2) is 39.0 Å². The largest absolute Gasteiger partial charge is 0.369 e. The van der Waals surface area contributed by atoms with Crippen LogP contribution in [-0.4, -0.2) is 43.3 Å². The zero-order valence-electron chi connectivity index (χ0n) is 16.6. The Balaban J connectivity index is 1.49. The molecule has 2 heterocycles. The number of rotatable bonds is 10. The molecule has 158 valence electrons. The quantitative estimate of drug-likeness (QED) is 0.444. The maximum atomic E-state index is 12.3. The summed E-state index contributed by atoms with van der Waals surface area (Å²) in [6.07, 6.45) is 0. The Bertz CT molecular complexity index is 1020. The number of hydrogen-bond acceptors (Lipinski definition) is 8. The normalized spacial score (nSPS) is 10.9. The molecule has 8 nitrogen and oxygen atoms in total.